The summed E-state index contributed by atoms with van der Waals surface area (Å²) in [5, 5.41) is 15.7. The standard InChI is InChI=1S/C32H33N3O/c36-32-16-24-22-6-2-4-8-27(22)34-29(24)17-31(32)11-12-35(18-19-9-10-19)30(32)14-20-13-23-21-5-1-3-7-26(21)33-28(23)15-25(20)31/h1-8,19,30,33-34,36H,9-18H2/t30-,31-,32+/m0/s1. The molecule has 9 rings (SSSR count). The molecule has 2 aromatic heterocycles. The van der Waals surface area contributed by atoms with E-state index in [-0.39, 0.29) is 11.5 Å². The Labute approximate surface area is 211 Å². The third-order valence-corrected chi connectivity index (χ3v) is 10.8. The number of rotatable bonds is 2. The SMILES string of the molecule is O[C@@]12Cc3c([nH]c4ccccc34)C[C@]13CCN(CC1CC1)[C@H]2CC1=C3Cc2[nH]c3ccccc3c2C1. The molecule has 0 unspecified atom stereocenters. The van der Waals surface area contributed by atoms with Crippen LogP contribution in [0.4, 0.5) is 0 Å². The average molecular weight is 476 g/mol. The summed E-state index contributed by atoms with van der Waals surface area (Å²) in [6.45, 7) is 2.29. The van der Waals surface area contributed by atoms with E-state index in [1.165, 1.54) is 63.7 Å². The Morgan fingerprint density at radius 1 is 0.861 bits per heavy atom. The molecule has 4 heteroatoms. The molecule has 3 N–H and O–H groups in total. The van der Waals surface area contributed by atoms with Crippen LogP contribution in [0, 0.1) is 11.3 Å². The fourth-order valence-corrected chi connectivity index (χ4v) is 8.87. The molecule has 4 aromatic rings. The number of hydrogen-bond acceptors (Lipinski definition) is 2. The first-order valence-electron chi connectivity index (χ1n) is 14.0. The maximum atomic E-state index is 13.0. The molecule has 2 bridgehead atoms. The summed E-state index contributed by atoms with van der Waals surface area (Å²) in [5.41, 5.74) is 10.4. The molecule has 5 aliphatic rings. The Morgan fingerprint density at radius 2 is 1.58 bits per heavy atom. The summed E-state index contributed by atoms with van der Waals surface area (Å²) in [6.07, 6.45) is 8.54. The molecular formula is C32H33N3O. The van der Waals surface area contributed by atoms with Crippen LogP contribution in [0.15, 0.2) is 59.7 Å². The molecule has 2 fully saturated rings. The lowest BCUT2D eigenvalue weighted by atomic mass is 9.47. The van der Waals surface area contributed by atoms with Crippen LogP contribution < -0.4 is 0 Å². The van der Waals surface area contributed by atoms with Crippen LogP contribution in [0.5, 0.6) is 0 Å². The number of likely N-dealkylation sites (tertiary alicyclic amines) is 1. The zero-order valence-corrected chi connectivity index (χ0v) is 20.7. The molecule has 2 aromatic carbocycles. The van der Waals surface area contributed by atoms with E-state index in [0.717, 1.165) is 51.0 Å². The lowest BCUT2D eigenvalue weighted by molar-refractivity contribution is -0.172. The van der Waals surface area contributed by atoms with E-state index in [0.29, 0.717) is 0 Å². The molecule has 0 radical (unpaired) electrons. The van der Waals surface area contributed by atoms with E-state index >= 15 is 0 Å². The number of para-hydroxylation sites is 2. The van der Waals surface area contributed by atoms with E-state index < -0.39 is 5.60 Å². The Kier molecular flexibility index (Phi) is 3.79. The predicted octanol–water partition coefficient (Wildman–Crippen LogP) is 5.45. The first-order chi connectivity index (χ1) is 17.6. The number of piperidine rings is 1. The van der Waals surface area contributed by atoms with E-state index in [9.17, 15) is 5.11 Å². The van der Waals surface area contributed by atoms with Gasteiger partial charge in [-0.15, -0.1) is 0 Å². The van der Waals surface area contributed by atoms with Gasteiger partial charge in [0.05, 0.1) is 5.60 Å². The van der Waals surface area contributed by atoms with Crippen molar-refractivity contribution < 1.29 is 5.11 Å². The van der Waals surface area contributed by atoms with Gasteiger partial charge in [-0.25, -0.2) is 0 Å². The van der Waals surface area contributed by atoms with Crippen LogP contribution in [0.25, 0.3) is 21.8 Å². The van der Waals surface area contributed by atoms with E-state index in [1.807, 2.05) is 0 Å². The van der Waals surface area contributed by atoms with Gasteiger partial charge in [-0.1, -0.05) is 47.5 Å². The second-order valence-corrected chi connectivity index (χ2v) is 12.5. The molecular weight excluding hydrogens is 442 g/mol. The van der Waals surface area contributed by atoms with Crippen molar-refractivity contribution in [3.63, 3.8) is 0 Å². The van der Waals surface area contributed by atoms with Crippen LogP contribution in [0.2, 0.25) is 0 Å². The summed E-state index contributed by atoms with van der Waals surface area (Å²) in [7, 11) is 0. The van der Waals surface area contributed by atoms with Crippen LogP contribution in [-0.4, -0.2) is 44.7 Å². The molecule has 3 heterocycles. The number of aromatic nitrogens is 2. The Morgan fingerprint density at radius 3 is 2.36 bits per heavy atom. The third-order valence-electron chi connectivity index (χ3n) is 10.8. The number of H-pyrrole nitrogens is 2. The van der Waals surface area contributed by atoms with Gasteiger partial charge in [-0.05, 0) is 67.8 Å². The molecule has 3 atom stereocenters. The summed E-state index contributed by atoms with van der Waals surface area (Å²) in [5.74, 6) is 0.843. The highest BCUT2D eigenvalue weighted by atomic mass is 16.3. The second-order valence-electron chi connectivity index (χ2n) is 12.5. The van der Waals surface area contributed by atoms with E-state index in [2.05, 4.69) is 63.4 Å². The zero-order valence-electron chi connectivity index (χ0n) is 20.7. The number of fused-ring (bicyclic) bond motifs is 6. The monoisotopic (exact) mass is 475 g/mol. The first kappa shape index (κ1) is 20.3. The topological polar surface area (TPSA) is 55.0 Å². The van der Waals surface area contributed by atoms with Crippen molar-refractivity contribution in [2.45, 2.75) is 63.0 Å². The Bertz CT molecular complexity index is 1600. The van der Waals surface area contributed by atoms with Gasteiger partial charge in [-0.2, -0.15) is 0 Å². The van der Waals surface area contributed by atoms with Crippen molar-refractivity contribution in [2.75, 3.05) is 13.1 Å². The molecule has 0 amide bonds. The van der Waals surface area contributed by atoms with Gasteiger partial charge in [0.15, 0.2) is 0 Å². The molecule has 4 nitrogen and oxygen atoms in total. The quantitative estimate of drug-likeness (QED) is 0.338. The summed E-state index contributed by atoms with van der Waals surface area (Å²) in [4.78, 5) is 10.3. The highest BCUT2D eigenvalue weighted by Gasteiger charge is 2.65. The van der Waals surface area contributed by atoms with Crippen molar-refractivity contribution in [1.29, 1.82) is 0 Å². The summed E-state index contributed by atoms with van der Waals surface area (Å²) >= 11 is 0. The van der Waals surface area contributed by atoms with Crippen LogP contribution in [0.3, 0.4) is 0 Å². The molecule has 0 spiro atoms. The summed E-state index contributed by atoms with van der Waals surface area (Å²) in [6, 6.07) is 17.7. The van der Waals surface area contributed by atoms with E-state index in [4.69, 9.17) is 0 Å². The lowest BCUT2D eigenvalue weighted by Gasteiger charge is -2.64. The van der Waals surface area contributed by atoms with Crippen molar-refractivity contribution in [3.8, 4) is 0 Å². The van der Waals surface area contributed by atoms with Crippen LogP contribution in [-0.2, 0) is 25.7 Å². The van der Waals surface area contributed by atoms with Crippen molar-refractivity contribution in [2.24, 2.45) is 11.3 Å². The number of benzene rings is 2. The Hall–Kier alpha value is -2.82. The molecule has 1 saturated carbocycles. The fourth-order valence-electron chi connectivity index (χ4n) is 8.87. The van der Waals surface area contributed by atoms with Gasteiger partial charge < -0.3 is 15.1 Å². The maximum absolute atomic E-state index is 13.0. The molecule has 36 heavy (non-hydrogen) atoms. The minimum Gasteiger partial charge on any atom is -0.387 e. The van der Waals surface area contributed by atoms with Gasteiger partial charge in [0.25, 0.3) is 0 Å². The Balaban J connectivity index is 1.24. The average Bonchev–Trinajstić information content (AvgIpc) is 3.54. The van der Waals surface area contributed by atoms with Gasteiger partial charge in [-0.3, -0.25) is 4.90 Å². The largest absolute Gasteiger partial charge is 0.387 e. The number of nitrogens with one attached hydrogen (secondary N) is 2. The molecule has 1 saturated heterocycles. The van der Waals surface area contributed by atoms with Crippen LogP contribution in [0.1, 0.15) is 48.2 Å². The van der Waals surface area contributed by atoms with Gasteiger partial charge in [0.2, 0.25) is 0 Å². The normalized spacial score (nSPS) is 31.3. The lowest BCUT2D eigenvalue weighted by Crippen LogP contribution is -2.72. The number of aromatic amines is 2. The minimum absolute atomic E-state index is 0.172. The van der Waals surface area contributed by atoms with Gasteiger partial charge >= 0.3 is 0 Å². The van der Waals surface area contributed by atoms with Crippen LogP contribution >= 0.6 is 0 Å². The molecule has 182 valence electrons. The second kappa shape index (κ2) is 6.73. The summed E-state index contributed by atoms with van der Waals surface area (Å²) < 4.78 is 0. The van der Waals surface area contributed by atoms with Crippen molar-refractivity contribution >= 4 is 21.8 Å². The number of hydrogen-bond donors (Lipinski definition) is 3. The highest BCUT2D eigenvalue weighted by molar-refractivity contribution is 5.87. The van der Waals surface area contributed by atoms with Gasteiger partial charge in [0, 0.05) is 70.5 Å². The number of nitrogens with zero attached hydrogens (tertiary/aromatic N) is 1. The highest BCUT2D eigenvalue weighted by Crippen LogP contribution is 2.62. The van der Waals surface area contributed by atoms with Crippen molar-refractivity contribution in [1.82, 2.24) is 14.9 Å². The minimum atomic E-state index is -0.708. The first-order valence-corrected chi connectivity index (χ1v) is 14.0. The number of aliphatic hydroxyl groups is 1. The van der Waals surface area contributed by atoms with Crippen molar-refractivity contribution in [3.05, 3.63) is 82.2 Å². The third kappa shape index (κ3) is 2.47. The smallest absolute Gasteiger partial charge is 0.0943 e. The van der Waals surface area contributed by atoms with E-state index in [1.54, 1.807) is 11.1 Å². The predicted molar refractivity (Wildman–Crippen MR) is 143 cm³/mol. The zero-order chi connectivity index (χ0) is 23.6. The molecule has 1 aliphatic heterocycles. The van der Waals surface area contributed by atoms with Gasteiger partial charge in [0.1, 0.15) is 0 Å². The maximum Gasteiger partial charge on any atom is 0.0943 e. The fraction of sp³-hybridized carbons (Fsp3) is 0.438. The molecule has 4 aliphatic carbocycles.